The minimum Gasteiger partial charge on any atom is -0.338 e. The molecule has 0 N–H and O–H groups in total. The summed E-state index contributed by atoms with van der Waals surface area (Å²) >= 11 is 1.40. The van der Waals surface area contributed by atoms with Gasteiger partial charge in [-0.25, -0.2) is 9.97 Å². The molecular weight excluding hydrogens is 470 g/mol. The van der Waals surface area contributed by atoms with Gasteiger partial charge in [-0.2, -0.15) is 0 Å². The smallest absolute Gasteiger partial charge is 0.281 e. The molecule has 0 spiro atoms. The average molecular weight is 502 g/mol. The highest BCUT2D eigenvalue weighted by atomic mass is 32.1. The Balaban J connectivity index is 1.40. The first kappa shape index (κ1) is 24.3. The van der Waals surface area contributed by atoms with Gasteiger partial charge in [0.2, 0.25) is 0 Å². The van der Waals surface area contributed by atoms with Crippen molar-refractivity contribution in [1.82, 2.24) is 19.4 Å². The molecule has 1 saturated heterocycles. The molecule has 2 aromatic heterocycles. The second-order valence-corrected chi connectivity index (χ2v) is 10.6. The Morgan fingerprint density at radius 3 is 2.53 bits per heavy atom. The first-order valence-electron chi connectivity index (χ1n) is 12.4. The van der Waals surface area contributed by atoms with Crippen molar-refractivity contribution in [3.05, 3.63) is 76.1 Å². The highest BCUT2D eigenvalue weighted by Crippen LogP contribution is 2.33. The minimum absolute atomic E-state index is 0.166. The van der Waals surface area contributed by atoms with E-state index in [9.17, 15) is 9.59 Å². The average Bonchev–Trinajstić information content (AvgIpc) is 3.53. The lowest BCUT2D eigenvalue weighted by atomic mass is 10.0. The number of hydrogen-bond acceptors (Lipinski definition) is 7. The number of Topliss-reactive ketones (excluding diaryl/α,β-unsaturated/α-hetero) is 1. The molecule has 1 aliphatic heterocycles. The molecule has 1 atom stereocenters. The van der Waals surface area contributed by atoms with Crippen LogP contribution < -0.4 is 10.5 Å². The van der Waals surface area contributed by atoms with E-state index in [0.717, 1.165) is 37.9 Å². The Kier molecular flexibility index (Phi) is 6.98. The van der Waals surface area contributed by atoms with Gasteiger partial charge in [0.15, 0.2) is 21.3 Å². The molecule has 0 unspecified atom stereocenters. The number of benzene rings is 2. The van der Waals surface area contributed by atoms with Gasteiger partial charge in [0.1, 0.15) is 5.82 Å². The Hall–Kier alpha value is -3.36. The second-order valence-electron chi connectivity index (χ2n) is 9.69. The molecule has 8 heteroatoms. The van der Waals surface area contributed by atoms with E-state index in [1.165, 1.54) is 22.5 Å². The normalized spacial score (nSPS) is 15.8. The van der Waals surface area contributed by atoms with Crippen LogP contribution in [0.3, 0.4) is 0 Å². The number of aromatic nitrogens is 3. The Bertz CT molecular complexity index is 1430. The molecular formula is C28H31N5O2S. The first-order chi connectivity index (χ1) is 17.4. The van der Waals surface area contributed by atoms with E-state index < -0.39 is 0 Å². The van der Waals surface area contributed by atoms with Crippen LogP contribution in [-0.4, -0.2) is 51.9 Å². The fourth-order valence-corrected chi connectivity index (χ4v) is 5.86. The van der Waals surface area contributed by atoms with Gasteiger partial charge in [0.25, 0.3) is 5.56 Å². The van der Waals surface area contributed by atoms with Crippen molar-refractivity contribution in [1.29, 1.82) is 0 Å². The van der Waals surface area contributed by atoms with Gasteiger partial charge in [-0.1, -0.05) is 65.9 Å². The van der Waals surface area contributed by atoms with E-state index >= 15 is 0 Å². The third-order valence-corrected chi connectivity index (χ3v) is 7.70. The zero-order valence-electron chi connectivity index (χ0n) is 21.0. The van der Waals surface area contributed by atoms with E-state index in [1.54, 1.807) is 11.6 Å². The molecule has 5 rings (SSSR count). The van der Waals surface area contributed by atoms with Gasteiger partial charge >= 0.3 is 0 Å². The van der Waals surface area contributed by atoms with Gasteiger partial charge in [-0.15, -0.1) is 0 Å². The topological polar surface area (TPSA) is 71.3 Å². The maximum Gasteiger partial charge on any atom is 0.281 e. The van der Waals surface area contributed by atoms with Gasteiger partial charge < -0.3 is 9.80 Å². The van der Waals surface area contributed by atoms with Gasteiger partial charge in [-0.05, 0) is 44.5 Å². The summed E-state index contributed by atoms with van der Waals surface area (Å²) in [4.78, 5) is 40.7. The first-order valence-corrected chi connectivity index (χ1v) is 13.2. The Labute approximate surface area is 215 Å². The largest absolute Gasteiger partial charge is 0.338 e. The quantitative estimate of drug-likeness (QED) is 0.359. The number of aryl methyl sites for hydroxylation is 1. The van der Waals surface area contributed by atoms with Crippen molar-refractivity contribution in [2.45, 2.75) is 38.3 Å². The number of rotatable bonds is 8. The molecule has 36 heavy (non-hydrogen) atoms. The van der Waals surface area contributed by atoms with Crippen molar-refractivity contribution >= 4 is 32.6 Å². The van der Waals surface area contributed by atoms with Crippen LogP contribution in [0.2, 0.25) is 0 Å². The predicted octanol–water partition coefficient (Wildman–Crippen LogP) is 4.29. The fraction of sp³-hybridized carbons (Fsp3) is 0.357. The third-order valence-electron chi connectivity index (χ3n) is 6.71. The Morgan fingerprint density at radius 1 is 1.06 bits per heavy atom. The maximum atomic E-state index is 13.2. The van der Waals surface area contributed by atoms with Crippen molar-refractivity contribution in [3.8, 4) is 11.4 Å². The number of thiazole rings is 1. The van der Waals surface area contributed by atoms with Crippen LogP contribution in [0, 0.1) is 0 Å². The molecule has 1 fully saturated rings. The van der Waals surface area contributed by atoms with Crippen LogP contribution in [-0.2, 0) is 24.8 Å². The molecule has 0 aliphatic carbocycles. The molecule has 2 aromatic carbocycles. The van der Waals surface area contributed by atoms with E-state index in [0.29, 0.717) is 27.7 Å². The van der Waals surface area contributed by atoms with Crippen molar-refractivity contribution in [3.63, 3.8) is 0 Å². The summed E-state index contributed by atoms with van der Waals surface area (Å²) in [6.45, 7) is 1.62. The fourth-order valence-electron chi connectivity index (χ4n) is 4.86. The van der Waals surface area contributed by atoms with Crippen LogP contribution >= 0.6 is 11.3 Å². The van der Waals surface area contributed by atoms with Crippen LogP contribution in [0.25, 0.3) is 21.7 Å². The summed E-state index contributed by atoms with van der Waals surface area (Å²) in [7, 11) is 5.81. The summed E-state index contributed by atoms with van der Waals surface area (Å²) in [6, 6.07) is 18.1. The highest BCUT2D eigenvalue weighted by Gasteiger charge is 2.32. The number of hydrogen-bond donors (Lipinski definition) is 0. The van der Waals surface area contributed by atoms with Crippen LogP contribution in [0.1, 0.15) is 30.4 Å². The lowest BCUT2D eigenvalue weighted by Gasteiger charge is -2.22. The van der Waals surface area contributed by atoms with Crippen LogP contribution in [0.4, 0.5) is 5.13 Å². The Morgan fingerprint density at radius 2 is 1.81 bits per heavy atom. The van der Waals surface area contributed by atoms with Gasteiger partial charge in [-0.3, -0.25) is 14.2 Å². The zero-order valence-corrected chi connectivity index (χ0v) is 21.8. The lowest BCUT2D eigenvalue weighted by molar-refractivity contribution is -0.120. The molecule has 186 valence electrons. The maximum absolute atomic E-state index is 13.2. The van der Waals surface area contributed by atoms with E-state index in [1.807, 2.05) is 44.4 Å². The summed E-state index contributed by atoms with van der Waals surface area (Å²) in [5, 5.41) is 0.712. The van der Waals surface area contributed by atoms with Crippen molar-refractivity contribution in [2.75, 3.05) is 25.5 Å². The molecule has 0 saturated carbocycles. The molecule has 4 aromatic rings. The standard InChI is InChI=1S/C28H31N5O2S/c1-31(2)18-20-11-14-21(15-12-20)25-30-26-24(27(35)32(25)3)29-28(36-26)33-17-7-10-22(33)23(34)16-13-19-8-5-4-6-9-19/h4-6,8-9,11-12,14-15,22H,7,10,13,16-18H2,1-3H3/t22-/m1/s1. The number of ketones is 1. The summed E-state index contributed by atoms with van der Waals surface area (Å²) in [6.07, 6.45) is 3.00. The summed E-state index contributed by atoms with van der Waals surface area (Å²) in [5.41, 5.74) is 3.47. The van der Waals surface area contributed by atoms with Crippen molar-refractivity contribution < 1.29 is 4.79 Å². The van der Waals surface area contributed by atoms with Crippen LogP contribution in [0.15, 0.2) is 59.4 Å². The lowest BCUT2D eigenvalue weighted by Crippen LogP contribution is -2.36. The summed E-state index contributed by atoms with van der Waals surface area (Å²) in [5.74, 6) is 0.853. The molecule has 0 radical (unpaired) electrons. The molecule has 3 heterocycles. The molecule has 1 aliphatic rings. The van der Waals surface area contributed by atoms with Gasteiger partial charge in [0.05, 0.1) is 6.04 Å². The second kappa shape index (κ2) is 10.3. The molecule has 7 nitrogen and oxygen atoms in total. The van der Waals surface area contributed by atoms with E-state index in [-0.39, 0.29) is 17.4 Å². The monoisotopic (exact) mass is 501 g/mol. The van der Waals surface area contributed by atoms with Gasteiger partial charge in [0, 0.05) is 32.1 Å². The number of fused-ring (bicyclic) bond motifs is 1. The highest BCUT2D eigenvalue weighted by molar-refractivity contribution is 7.21. The third kappa shape index (κ3) is 4.96. The number of anilines is 1. The minimum atomic E-state index is -0.193. The number of carbonyl (C=O) groups is 1. The van der Waals surface area contributed by atoms with E-state index in [4.69, 9.17) is 4.98 Å². The molecule has 0 bridgehead atoms. The zero-order chi connectivity index (χ0) is 25.2. The SMILES string of the molecule is CN(C)Cc1ccc(-c2nc3sc(N4CCC[C@@H]4C(=O)CCc4ccccc4)nc3c(=O)n2C)cc1. The molecule has 0 amide bonds. The van der Waals surface area contributed by atoms with Crippen molar-refractivity contribution in [2.24, 2.45) is 7.05 Å². The number of nitrogens with zero attached hydrogens (tertiary/aromatic N) is 5. The van der Waals surface area contributed by atoms with Crippen LogP contribution in [0.5, 0.6) is 0 Å². The number of carbonyl (C=O) groups excluding carboxylic acids is 1. The predicted molar refractivity (Wildman–Crippen MR) is 146 cm³/mol. The summed E-state index contributed by atoms with van der Waals surface area (Å²) < 4.78 is 1.57. The van der Waals surface area contributed by atoms with E-state index in [2.05, 4.69) is 39.0 Å².